The first kappa shape index (κ1) is 20.1. The van der Waals surface area contributed by atoms with Gasteiger partial charge in [0.05, 0.1) is 24.7 Å². The first-order valence-corrected chi connectivity index (χ1v) is 8.87. The summed E-state index contributed by atoms with van der Waals surface area (Å²) in [6, 6.07) is 7.22. The molecule has 1 saturated carbocycles. The molecule has 1 N–H and O–H groups in total. The minimum atomic E-state index is -1.61. The number of aliphatic hydroxyl groups is 1. The second kappa shape index (κ2) is 7.99. The van der Waals surface area contributed by atoms with Crippen LogP contribution in [0.2, 0.25) is 0 Å². The van der Waals surface area contributed by atoms with Crippen molar-refractivity contribution >= 4 is 17.7 Å². The van der Waals surface area contributed by atoms with E-state index in [0.29, 0.717) is 5.56 Å². The van der Waals surface area contributed by atoms with Crippen LogP contribution < -0.4 is 0 Å². The fraction of sp³-hybridized carbons (Fsp3) is 0.550. The van der Waals surface area contributed by atoms with E-state index in [0.717, 1.165) is 5.56 Å². The van der Waals surface area contributed by atoms with Crippen molar-refractivity contribution in [3.8, 4) is 0 Å². The van der Waals surface area contributed by atoms with Crippen molar-refractivity contribution in [1.29, 1.82) is 0 Å². The first-order valence-electron chi connectivity index (χ1n) is 8.87. The maximum atomic E-state index is 12.7. The third-order valence-electron chi connectivity index (χ3n) is 4.81. The van der Waals surface area contributed by atoms with Gasteiger partial charge in [0, 0.05) is 12.3 Å². The largest absolute Gasteiger partial charge is 0.466 e. The number of ketones is 1. The van der Waals surface area contributed by atoms with Gasteiger partial charge in [-0.15, -0.1) is 0 Å². The van der Waals surface area contributed by atoms with Crippen LogP contribution in [0.25, 0.3) is 0 Å². The van der Waals surface area contributed by atoms with Crippen LogP contribution >= 0.6 is 0 Å². The number of rotatable bonds is 5. The molecular weight excluding hydrogens is 336 g/mol. The summed E-state index contributed by atoms with van der Waals surface area (Å²) in [5.74, 6) is -4.76. The summed E-state index contributed by atoms with van der Waals surface area (Å²) in [6.07, 6.45) is -0.303. The van der Waals surface area contributed by atoms with Crippen LogP contribution in [0.15, 0.2) is 24.3 Å². The van der Waals surface area contributed by atoms with E-state index in [1.54, 1.807) is 26.0 Å². The van der Waals surface area contributed by atoms with Crippen molar-refractivity contribution in [2.45, 2.75) is 45.6 Å². The Morgan fingerprint density at radius 2 is 1.65 bits per heavy atom. The molecule has 0 radical (unpaired) electrons. The summed E-state index contributed by atoms with van der Waals surface area (Å²) in [5, 5.41) is 10.8. The zero-order valence-corrected chi connectivity index (χ0v) is 15.7. The molecule has 0 aromatic heterocycles. The number of ether oxygens (including phenoxy) is 2. The van der Waals surface area contributed by atoms with Gasteiger partial charge in [0.25, 0.3) is 0 Å². The molecule has 1 aromatic rings. The second-order valence-corrected chi connectivity index (χ2v) is 6.90. The Kier molecular flexibility index (Phi) is 6.18. The van der Waals surface area contributed by atoms with Gasteiger partial charge in [-0.3, -0.25) is 14.4 Å². The first-order chi connectivity index (χ1) is 12.2. The smallest absolute Gasteiger partial charge is 0.317 e. The Bertz CT molecular complexity index is 676. The van der Waals surface area contributed by atoms with E-state index in [1.165, 1.54) is 6.92 Å². The van der Waals surface area contributed by atoms with Crippen molar-refractivity contribution in [2.75, 3.05) is 13.2 Å². The molecule has 1 fully saturated rings. The lowest BCUT2D eigenvalue weighted by Crippen LogP contribution is -2.55. The zero-order valence-electron chi connectivity index (χ0n) is 15.7. The van der Waals surface area contributed by atoms with E-state index < -0.39 is 41.1 Å². The lowest BCUT2D eigenvalue weighted by molar-refractivity contribution is -0.172. The molecule has 142 valence electrons. The Morgan fingerprint density at radius 1 is 1.12 bits per heavy atom. The van der Waals surface area contributed by atoms with E-state index in [4.69, 9.17) is 9.47 Å². The number of hydrogen-bond acceptors (Lipinski definition) is 6. The van der Waals surface area contributed by atoms with Gasteiger partial charge < -0.3 is 14.6 Å². The lowest BCUT2D eigenvalue weighted by Gasteiger charge is -2.43. The number of esters is 2. The minimum absolute atomic E-state index is 0.129. The lowest BCUT2D eigenvalue weighted by atomic mass is 9.61. The highest BCUT2D eigenvalue weighted by molar-refractivity contribution is 6.02. The molecular formula is C20H26O6. The Morgan fingerprint density at radius 3 is 2.19 bits per heavy atom. The number of benzene rings is 1. The van der Waals surface area contributed by atoms with Crippen LogP contribution in [0.4, 0.5) is 0 Å². The monoisotopic (exact) mass is 362 g/mol. The summed E-state index contributed by atoms with van der Waals surface area (Å²) < 4.78 is 10.2. The van der Waals surface area contributed by atoms with Gasteiger partial charge in [0.1, 0.15) is 5.92 Å². The van der Waals surface area contributed by atoms with Crippen LogP contribution in [0.1, 0.15) is 44.2 Å². The van der Waals surface area contributed by atoms with Crippen LogP contribution in [0, 0.1) is 18.8 Å². The molecule has 0 unspecified atom stereocenters. The van der Waals surface area contributed by atoms with E-state index >= 15 is 0 Å². The van der Waals surface area contributed by atoms with Crippen molar-refractivity contribution in [2.24, 2.45) is 11.8 Å². The molecule has 2 rings (SSSR count). The average Bonchev–Trinajstić information content (AvgIpc) is 2.54. The molecule has 1 aliphatic carbocycles. The van der Waals surface area contributed by atoms with Crippen LogP contribution in [-0.4, -0.2) is 41.6 Å². The van der Waals surface area contributed by atoms with E-state index in [1.807, 2.05) is 19.1 Å². The summed E-state index contributed by atoms with van der Waals surface area (Å²) in [6.45, 7) is 6.95. The molecule has 0 aliphatic heterocycles. The molecule has 0 heterocycles. The maximum absolute atomic E-state index is 12.7. The van der Waals surface area contributed by atoms with Crippen molar-refractivity contribution in [1.82, 2.24) is 0 Å². The standard InChI is InChI=1S/C20H26O6/c1-5-25-18(22)16-14(21)11-20(4,24)17(19(23)26-6-2)15(16)13-9-7-12(3)8-10-13/h7-10,15-17,24H,5-6,11H2,1-4H3/t15-,16+,17-,20+/m1/s1. The summed E-state index contributed by atoms with van der Waals surface area (Å²) >= 11 is 0. The quantitative estimate of drug-likeness (QED) is 0.638. The minimum Gasteiger partial charge on any atom is -0.466 e. The Hall–Kier alpha value is -2.21. The number of Topliss-reactive ketones (excluding diaryl/α,β-unsaturated/α-hetero) is 1. The highest BCUT2D eigenvalue weighted by Gasteiger charge is 2.57. The van der Waals surface area contributed by atoms with Gasteiger partial charge in [-0.2, -0.15) is 0 Å². The average molecular weight is 362 g/mol. The van der Waals surface area contributed by atoms with E-state index in [-0.39, 0.29) is 19.6 Å². The molecule has 4 atom stereocenters. The predicted molar refractivity (Wildman–Crippen MR) is 94.4 cm³/mol. The Balaban J connectivity index is 2.59. The Labute approximate surface area is 153 Å². The normalized spacial score (nSPS) is 28.5. The van der Waals surface area contributed by atoms with Crippen LogP contribution in [0.5, 0.6) is 0 Å². The number of carbonyl (C=O) groups excluding carboxylic acids is 3. The predicted octanol–water partition coefficient (Wildman–Crippen LogP) is 2.16. The molecule has 0 saturated heterocycles. The molecule has 0 spiro atoms. The molecule has 0 amide bonds. The number of aryl methyl sites for hydroxylation is 1. The fourth-order valence-electron chi connectivity index (χ4n) is 3.67. The van der Waals surface area contributed by atoms with Crippen LogP contribution in [0.3, 0.4) is 0 Å². The van der Waals surface area contributed by atoms with Gasteiger partial charge in [-0.05, 0) is 33.3 Å². The van der Waals surface area contributed by atoms with E-state index in [9.17, 15) is 19.5 Å². The molecule has 0 bridgehead atoms. The van der Waals surface area contributed by atoms with Crippen molar-refractivity contribution < 1.29 is 29.0 Å². The van der Waals surface area contributed by atoms with Gasteiger partial charge in [-0.25, -0.2) is 0 Å². The van der Waals surface area contributed by atoms with Gasteiger partial charge in [-0.1, -0.05) is 29.8 Å². The van der Waals surface area contributed by atoms with Gasteiger partial charge in [0.15, 0.2) is 5.78 Å². The summed E-state index contributed by atoms with van der Waals surface area (Å²) in [7, 11) is 0. The number of hydrogen-bond donors (Lipinski definition) is 1. The summed E-state index contributed by atoms with van der Waals surface area (Å²) in [4.78, 5) is 37.9. The second-order valence-electron chi connectivity index (χ2n) is 6.90. The summed E-state index contributed by atoms with van der Waals surface area (Å²) in [5.41, 5.74) is 0.0186. The van der Waals surface area contributed by atoms with E-state index in [2.05, 4.69) is 0 Å². The highest BCUT2D eigenvalue weighted by atomic mass is 16.5. The maximum Gasteiger partial charge on any atom is 0.317 e. The molecule has 6 nitrogen and oxygen atoms in total. The number of carbonyl (C=O) groups is 3. The van der Waals surface area contributed by atoms with Gasteiger partial charge in [0.2, 0.25) is 0 Å². The van der Waals surface area contributed by atoms with Crippen molar-refractivity contribution in [3.05, 3.63) is 35.4 Å². The molecule has 26 heavy (non-hydrogen) atoms. The third kappa shape index (κ3) is 3.96. The third-order valence-corrected chi connectivity index (χ3v) is 4.81. The molecule has 6 heteroatoms. The zero-order chi connectivity index (χ0) is 19.5. The molecule has 1 aliphatic rings. The molecule has 1 aromatic carbocycles. The van der Waals surface area contributed by atoms with Crippen LogP contribution in [-0.2, 0) is 23.9 Å². The SMILES string of the molecule is CCOC(=O)[C@H]1C(=O)C[C@](C)(O)[C@@H](C(=O)OCC)[C@@H]1c1ccc(C)cc1. The fourth-order valence-corrected chi connectivity index (χ4v) is 3.67. The highest BCUT2D eigenvalue weighted by Crippen LogP contribution is 2.46. The topological polar surface area (TPSA) is 89.9 Å². The van der Waals surface area contributed by atoms with Gasteiger partial charge >= 0.3 is 11.9 Å². The van der Waals surface area contributed by atoms with Crippen molar-refractivity contribution in [3.63, 3.8) is 0 Å².